The SMILES string of the molecule is Cn1c(-n2cc3cc(Cl)ccc3n2)nc2cc(C(F)(F)F)cnc21. The Morgan fingerprint density at radius 3 is 2.67 bits per heavy atom. The van der Waals surface area contributed by atoms with Gasteiger partial charge in [-0.3, -0.25) is 4.57 Å². The van der Waals surface area contributed by atoms with Crippen LogP contribution in [0.3, 0.4) is 0 Å². The van der Waals surface area contributed by atoms with Gasteiger partial charge in [0.2, 0.25) is 5.95 Å². The first-order valence-electron chi connectivity index (χ1n) is 6.88. The van der Waals surface area contributed by atoms with Crippen LogP contribution in [0.5, 0.6) is 0 Å². The van der Waals surface area contributed by atoms with Gasteiger partial charge in [0.25, 0.3) is 0 Å². The minimum Gasteiger partial charge on any atom is -0.296 e. The summed E-state index contributed by atoms with van der Waals surface area (Å²) in [5.41, 5.74) is 0.364. The van der Waals surface area contributed by atoms with E-state index in [-0.39, 0.29) is 5.52 Å². The third-order valence-corrected chi connectivity index (χ3v) is 3.92. The van der Waals surface area contributed by atoms with E-state index in [0.717, 1.165) is 17.6 Å². The van der Waals surface area contributed by atoms with Crippen LogP contribution in [0, 0.1) is 0 Å². The van der Waals surface area contributed by atoms with E-state index in [9.17, 15) is 13.2 Å². The molecule has 3 heterocycles. The number of fused-ring (bicyclic) bond motifs is 2. The van der Waals surface area contributed by atoms with Crippen molar-refractivity contribution in [3.8, 4) is 5.95 Å². The van der Waals surface area contributed by atoms with Gasteiger partial charge in [0.05, 0.1) is 11.1 Å². The average molecular weight is 352 g/mol. The minimum atomic E-state index is -4.46. The standard InChI is InChI=1S/C15H9ClF3N5/c1-23-13-12(5-9(6-20-13)15(17,18)19)21-14(23)24-7-8-4-10(16)2-3-11(8)22-24/h2-7H,1H3. The Labute approximate surface area is 138 Å². The normalized spacial score (nSPS) is 12.4. The molecule has 5 nitrogen and oxygen atoms in total. The summed E-state index contributed by atoms with van der Waals surface area (Å²) in [7, 11) is 1.67. The molecule has 0 bridgehead atoms. The molecule has 3 aromatic heterocycles. The van der Waals surface area contributed by atoms with Gasteiger partial charge in [-0.1, -0.05) is 11.6 Å². The van der Waals surface area contributed by atoms with Crippen molar-refractivity contribution in [1.82, 2.24) is 24.3 Å². The maximum absolute atomic E-state index is 12.8. The fourth-order valence-electron chi connectivity index (χ4n) is 2.52. The average Bonchev–Trinajstić information content (AvgIpc) is 3.07. The molecule has 0 fully saturated rings. The summed E-state index contributed by atoms with van der Waals surface area (Å²) in [6.07, 6.45) is -1.95. The van der Waals surface area contributed by atoms with Gasteiger partial charge in [0, 0.05) is 29.9 Å². The number of halogens is 4. The van der Waals surface area contributed by atoms with Crippen LogP contribution in [0.25, 0.3) is 28.0 Å². The third kappa shape index (κ3) is 2.30. The highest BCUT2D eigenvalue weighted by Gasteiger charge is 2.31. The van der Waals surface area contributed by atoms with Crippen LogP contribution in [0.2, 0.25) is 5.02 Å². The fourth-order valence-corrected chi connectivity index (χ4v) is 2.70. The second kappa shape index (κ2) is 4.94. The van der Waals surface area contributed by atoms with Crippen LogP contribution < -0.4 is 0 Å². The molecule has 4 rings (SSSR count). The van der Waals surface area contributed by atoms with Gasteiger partial charge in [-0.05, 0) is 24.3 Å². The van der Waals surface area contributed by atoms with Crippen molar-refractivity contribution < 1.29 is 13.2 Å². The summed E-state index contributed by atoms with van der Waals surface area (Å²) in [6.45, 7) is 0. The number of imidazole rings is 1. The predicted molar refractivity (Wildman–Crippen MR) is 83.1 cm³/mol. The molecule has 0 N–H and O–H groups in total. The summed E-state index contributed by atoms with van der Waals surface area (Å²) < 4.78 is 41.5. The van der Waals surface area contributed by atoms with Crippen LogP contribution in [0.4, 0.5) is 13.2 Å². The molecule has 0 saturated carbocycles. The first-order chi connectivity index (χ1) is 11.3. The topological polar surface area (TPSA) is 48.5 Å². The van der Waals surface area contributed by atoms with Crippen LogP contribution in [-0.2, 0) is 13.2 Å². The Morgan fingerprint density at radius 1 is 1.12 bits per heavy atom. The van der Waals surface area contributed by atoms with Gasteiger partial charge in [-0.25, -0.2) is 14.6 Å². The lowest BCUT2D eigenvalue weighted by molar-refractivity contribution is -0.137. The zero-order valence-electron chi connectivity index (χ0n) is 12.2. The number of aromatic nitrogens is 5. The molecule has 0 aliphatic heterocycles. The number of benzene rings is 1. The lowest BCUT2D eigenvalue weighted by atomic mass is 10.2. The maximum Gasteiger partial charge on any atom is 0.417 e. The summed E-state index contributed by atoms with van der Waals surface area (Å²) in [5, 5.41) is 5.75. The smallest absolute Gasteiger partial charge is 0.296 e. The Kier molecular flexibility index (Phi) is 3.08. The highest BCUT2D eigenvalue weighted by atomic mass is 35.5. The van der Waals surface area contributed by atoms with E-state index in [1.165, 1.54) is 4.68 Å². The van der Waals surface area contributed by atoms with Crippen LogP contribution in [0.1, 0.15) is 5.56 Å². The van der Waals surface area contributed by atoms with Crippen molar-refractivity contribution >= 4 is 33.7 Å². The number of aryl methyl sites for hydroxylation is 1. The van der Waals surface area contributed by atoms with Crippen molar-refractivity contribution in [2.24, 2.45) is 7.05 Å². The molecule has 122 valence electrons. The number of hydrogen-bond donors (Lipinski definition) is 0. The molecular formula is C15H9ClF3N5. The van der Waals surface area contributed by atoms with Gasteiger partial charge in [0.15, 0.2) is 5.65 Å². The lowest BCUT2D eigenvalue weighted by Crippen LogP contribution is -2.06. The number of alkyl halides is 3. The number of nitrogens with zero attached hydrogens (tertiary/aromatic N) is 5. The van der Waals surface area contributed by atoms with Gasteiger partial charge < -0.3 is 0 Å². The molecule has 0 radical (unpaired) electrons. The molecule has 9 heteroatoms. The largest absolute Gasteiger partial charge is 0.417 e. The maximum atomic E-state index is 12.8. The van der Waals surface area contributed by atoms with Crippen LogP contribution in [-0.4, -0.2) is 24.3 Å². The molecule has 0 atom stereocenters. The van der Waals surface area contributed by atoms with E-state index in [1.807, 2.05) is 0 Å². The second-order valence-corrected chi connectivity index (χ2v) is 5.75. The van der Waals surface area contributed by atoms with E-state index in [1.54, 1.807) is 36.0 Å². The van der Waals surface area contributed by atoms with E-state index in [0.29, 0.717) is 22.1 Å². The molecule has 0 unspecified atom stereocenters. The molecule has 0 aliphatic rings. The van der Waals surface area contributed by atoms with E-state index in [2.05, 4.69) is 15.1 Å². The van der Waals surface area contributed by atoms with E-state index < -0.39 is 11.7 Å². The van der Waals surface area contributed by atoms with Crippen molar-refractivity contribution in [1.29, 1.82) is 0 Å². The van der Waals surface area contributed by atoms with Gasteiger partial charge in [-0.2, -0.15) is 18.3 Å². The molecule has 0 saturated heterocycles. The van der Waals surface area contributed by atoms with Crippen LogP contribution >= 0.6 is 11.6 Å². The second-order valence-electron chi connectivity index (χ2n) is 5.31. The highest BCUT2D eigenvalue weighted by Crippen LogP contribution is 2.30. The molecule has 0 amide bonds. The Bertz CT molecular complexity index is 1080. The first kappa shape index (κ1) is 14.9. The molecule has 0 aliphatic carbocycles. The zero-order chi connectivity index (χ0) is 17.1. The molecular weight excluding hydrogens is 343 g/mol. The number of rotatable bonds is 1. The van der Waals surface area contributed by atoms with Crippen molar-refractivity contribution in [2.45, 2.75) is 6.18 Å². The molecule has 24 heavy (non-hydrogen) atoms. The number of hydrogen-bond acceptors (Lipinski definition) is 3. The monoisotopic (exact) mass is 351 g/mol. The quantitative estimate of drug-likeness (QED) is 0.521. The van der Waals surface area contributed by atoms with Gasteiger partial charge in [0.1, 0.15) is 5.52 Å². The van der Waals surface area contributed by atoms with Crippen molar-refractivity contribution in [3.63, 3.8) is 0 Å². The lowest BCUT2D eigenvalue weighted by Gasteiger charge is -2.05. The Morgan fingerprint density at radius 2 is 1.92 bits per heavy atom. The molecule has 1 aromatic carbocycles. The first-order valence-corrected chi connectivity index (χ1v) is 7.26. The third-order valence-electron chi connectivity index (χ3n) is 3.68. The predicted octanol–water partition coefficient (Wildman–Crippen LogP) is 3.98. The van der Waals surface area contributed by atoms with Gasteiger partial charge >= 0.3 is 6.18 Å². The van der Waals surface area contributed by atoms with Crippen molar-refractivity contribution in [3.05, 3.63) is 47.2 Å². The summed E-state index contributed by atoms with van der Waals surface area (Å²) in [4.78, 5) is 8.12. The summed E-state index contributed by atoms with van der Waals surface area (Å²) >= 11 is 5.96. The van der Waals surface area contributed by atoms with E-state index in [4.69, 9.17) is 11.6 Å². The fraction of sp³-hybridized carbons (Fsp3) is 0.133. The molecule has 4 aromatic rings. The zero-order valence-corrected chi connectivity index (χ0v) is 13.0. The number of pyridine rings is 1. The van der Waals surface area contributed by atoms with Crippen molar-refractivity contribution in [2.75, 3.05) is 0 Å². The minimum absolute atomic E-state index is 0.153. The summed E-state index contributed by atoms with van der Waals surface area (Å²) in [5.74, 6) is 0.365. The molecule has 0 spiro atoms. The highest BCUT2D eigenvalue weighted by molar-refractivity contribution is 6.31. The summed E-state index contributed by atoms with van der Waals surface area (Å²) in [6, 6.07) is 6.21. The van der Waals surface area contributed by atoms with Crippen LogP contribution in [0.15, 0.2) is 36.7 Å². The Hall–Kier alpha value is -2.61. The Balaban J connectivity index is 1.90. The van der Waals surface area contributed by atoms with E-state index >= 15 is 0 Å². The van der Waals surface area contributed by atoms with Gasteiger partial charge in [-0.15, -0.1) is 0 Å².